The van der Waals surface area contributed by atoms with Crippen molar-refractivity contribution in [2.24, 2.45) is 11.8 Å². The fourth-order valence-corrected chi connectivity index (χ4v) is 5.20. The maximum atomic E-state index is 13.1. The number of piperazine rings is 1. The van der Waals surface area contributed by atoms with Gasteiger partial charge in [0, 0.05) is 51.3 Å². The standard InChI is InChI=1S/C24H33N3O3/c1-2-19-9-5-6-10-21(19)27-17-20(16-23(27)29)24(30)26-13-11-25(12-14-26)22(28)15-18-7-3-4-8-18/h5-6,9-10,18,20H,2-4,7-8,11-17H2,1H3. The van der Waals surface area contributed by atoms with Gasteiger partial charge in [-0.15, -0.1) is 0 Å². The summed E-state index contributed by atoms with van der Waals surface area (Å²) in [5, 5.41) is 0. The number of carbonyl (C=O) groups is 3. The van der Waals surface area contributed by atoms with Gasteiger partial charge in [0.05, 0.1) is 5.92 Å². The van der Waals surface area contributed by atoms with Crippen molar-refractivity contribution >= 4 is 23.4 Å². The molecule has 3 aliphatic rings. The summed E-state index contributed by atoms with van der Waals surface area (Å²) in [6.45, 7) is 4.91. The van der Waals surface area contributed by atoms with Gasteiger partial charge in [0.25, 0.3) is 0 Å². The van der Waals surface area contributed by atoms with E-state index in [1.54, 1.807) is 4.90 Å². The number of carbonyl (C=O) groups excluding carboxylic acids is 3. The van der Waals surface area contributed by atoms with Crippen LogP contribution in [0.1, 0.15) is 51.0 Å². The van der Waals surface area contributed by atoms with Crippen LogP contribution in [0.4, 0.5) is 5.69 Å². The minimum absolute atomic E-state index is 0.0274. The fourth-order valence-electron chi connectivity index (χ4n) is 5.20. The van der Waals surface area contributed by atoms with E-state index in [0.717, 1.165) is 17.7 Å². The Kier molecular flexibility index (Phi) is 6.40. The smallest absolute Gasteiger partial charge is 0.228 e. The third-order valence-corrected chi connectivity index (χ3v) is 7.02. The van der Waals surface area contributed by atoms with E-state index in [9.17, 15) is 14.4 Å². The van der Waals surface area contributed by atoms with Gasteiger partial charge in [0.1, 0.15) is 0 Å². The molecule has 0 aromatic heterocycles. The highest BCUT2D eigenvalue weighted by molar-refractivity contribution is 6.00. The zero-order chi connectivity index (χ0) is 21.1. The predicted molar refractivity (Wildman–Crippen MR) is 116 cm³/mol. The molecule has 1 unspecified atom stereocenters. The minimum atomic E-state index is -0.289. The van der Waals surface area contributed by atoms with Crippen molar-refractivity contribution in [3.63, 3.8) is 0 Å². The normalized spacial score (nSPS) is 22.8. The lowest BCUT2D eigenvalue weighted by Gasteiger charge is -2.36. The molecule has 1 aliphatic carbocycles. The van der Waals surface area contributed by atoms with Crippen molar-refractivity contribution in [2.75, 3.05) is 37.6 Å². The number of hydrogen-bond donors (Lipinski definition) is 0. The summed E-state index contributed by atoms with van der Waals surface area (Å²) in [7, 11) is 0. The Hall–Kier alpha value is -2.37. The molecule has 6 nitrogen and oxygen atoms in total. The molecule has 0 radical (unpaired) electrons. The lowest BCUT2D eigenvalue weighted by molar-refractivity contribution is -0.142. The number of benzene rings is 1. The first-order valence-electron chi connectivity index (χ1n) is 11.5. The first-order valence-corrected chi connectivity index (χ1v) is 11.5. The molecule has 4 rings (SSSR count). The summed E-state index contributed by atoms with van der Waals surface area (Å²) in [6, 6.07) is 7.94. The van der Waals surface area contributed by atoms with Gasteiger partial charge in [0.15, 0.2) is 0 Å². The molecular formula is C24H33N3O3. The van der Waals surface area contributed by atoms with Gasteiger partial charge in [-0.1, -0.05) is 38.0 Å². The summed E-state index contributed by atoms with van der Waals surface area (Å²) in [4.78, 5) is 43.8. The quantitative estimate of drug-likeness (QED) is 0.749. The molecule has 3 fully saturated rings. The Labute approximate surface area is 179 Å². The second-order valence-corrected chi connectivity index (χ2v) is 8.95. The third kappa shape index (κ3) is 4.37. The van der Waals surface area contributed by atoms with Crippen LogP contribution in [0.25, 0.3) is 0 Å². The Bertz CT molecular complexity index is 795. The number of para-hydroxylation sites is 1. The molecule has 1 aromatic carbocycles. The molecule has 1 atom stereocenters. The van der Waals surface area contributed by atoms with E-state index < -0.39 is 0 Å². The van der Waals surface area contributed by atoms with Crippen LogP contribution in [0.5, 0.6) is 0 Å². The molecule has 0 N–H and O–H groups in total. The number of amides is 3. The average Bonchev–Trinajstić information content (AvgIpc) is 3.42. The number of aryl methyl sites for hydroxylation is 1. The van der Waals surface area contributed by atoms with Gasteiger partial charge in [0.2, 0.25) is 17.7 Å². The first kappa shape index (κ1) is 20.9. The van der Waals surface area contributed by atoms with Crippen LogP contribution < -0.4 is 4.90 Å². The molecule has 30 heavy (non-hydrogen) atoms. The second kappa shape index (κ2) is 9.19. The lowest BCUT2D eigenvalue weighted by Crippen LogP contribution is -2.52. The number of hydrogen-bond acceptors (Lipinski definition) is 3. The van der Waals surface area contributed by atoms with Crippen LogP contribution >= 0.6 is 0 Å². The average molecular weight is 412 g/mol. The van der Waals surface area contributed by atoms with E-state index in [4.69, 9.17) is 0 Å². The summed E-state index contributed by atoms with van der Waals surface area (Å²) in [5.74, 6) is 0.594. The number of rotatable bonds is 5. The van der Waals surface area contributed by atoms with Gasteiger partial charge < -0.3 is 14.7 Å². The van der Waals surface area contributed by atoms with Crippen molar-refractivity contribution in [3.05, 3.63) is 29.8 Å². The summed E-state index contributed by atoms with van der Waals surface area (Å²) >= 11 is 0. The van der Waals surface area contributed by atoms with E-state index >= 15 is 0 Å². The summed E-state index contributed by atoms with van der Waals surface area (Å²) in [5.41, 5.74) is 2.07. The maximum Gasteiger partial charge on any atom is 0.228 e. The molecule has 2 aliphatic heterocycles. The van der Waals surface area contributed by atoms with Crippen LogP contribution in [-0.4, -0.2) is 60.2 Å². The molecular weight excluding hydrogens is 378 g/mol. The largest absolute Gasteiger partial charge is 0.339 e. The molecule has 3 amide bonds. The maximum absolute atomic E-state index is 13.1. The van der Waals surface area contributed by atoms with E-state index in [1.165, 1.54) is 25.7 Å². The van der Waals surface area contributed by atoms with Gasteiger partial charge in [-0.3, -0.25) is 14.4 Å². The second-order valence-electron chi connectivity index (χ2n) is 8.95. The van der Waals surface area contributed by atoms with Crippen LogP contribution in [0.15, 0.2) is 24.3 Å². The SMILES string of the molecule is CCc1ccccc1N1CC(C(=O)N2CCN(C(=O)CC3CCCC3)CC2)CC1=O. The van der Waals surface area contributed by atoms with Crippen molar-refractivity contribution < 1.29 is 14.4 Å². The topological polar surface area (TPSA) is 60.9 Å². The number of anilines is 1. The van der Waals surface area contributed by atoms with Gasteiger partial charge >= 0.3 is 0 Å². The van der Waals surface area contributed by atoms with Crippen molar-refractivity contribution in [2.45, 2.75) is 51.9 Å². The zero-order valence-electron chi connectivity index (χ0n) is 18.0. The highest BCUT2D eigenvalue weighted by Gasteiger charge is 2.38. The molecule has 1 saturated carbocycles. The van der Waals surface area contributed by atoms with E-state index in [2.05, 4.69) is 6.92 Å². The molecule has 6 heteroatoms. The Morgan fingerprint density at radius 2 is 1.67 bits per heavy atom. The van der Waals surface area contributed by atoms with Crippen LogP contribution in [0, 0.1) is 11.8 Å². The lowest BCUT2D eigenvalue weighted by atomic mass is 10.0. The van der Waals surface area contributed by atoms with Crippen LogP contribution in [0.3, 0.4) is 0 Å². The Morgan fingerprint density at radius 1 is 1.00 bits per heavy atom. The molecule has 2 saturated heterocycles. The van der Waals surface area contributed by atoms with Crippen LogP contribution in [-0.2, 0) is 20.8 Å². The third-order valence-electron chi connectivity index (χ3n) is 7.02. The van der Waals surface area contributed by atoms with E-state index in [-0.39, 0.29) is 30.1 Å². The molecule has 1 aromatic rings. The van der Waals surface area contributed by atoms with E-state index in [0.29, 0.717) is 45.1 Å². The summed E-state index contributed by atoms with van der Waals surface area (Å²) < 4.78 is 0. The number of nitrogens with zero attached hydrogens (tertiary/aromatic N) is 3. The van der Waals surface area contributed by atoms with Crippen molar-refractivity contribution in [1.82, 2.24) is 9.80 Å². The minimum Gasteiger partial charge on any atom is -0.339 e. The van der Waals surface area contributed by atoms with Crippen LogP contribution in [0.2, 0.25) is 0 Å². The molecule has 0 bridgehead atoms. The van der Waals surface area contributed by atoms with Crippen molar-refractivity contribution in [3.8, 4) is 0 Å². The zero-order valence-corrected chi connectivity index (χ0v) is 18.0. The molecule has 0 spiro atoms. The predicted octanol–water partition coefficient (Wildman–Crippen LogP) is 2.85. The fraction of sp³-hybridized carbons (Fsp3) is 0.625. The van der Waals surface area contributed by atoms with Crippen molar-refractivity contribution in [1.29, 1.82) is 0 Å². The van der Waals surface area contributed by atoms with Gasteiger partial charge in [-0.05, 0) is 36.8 Å². The van der Waals surface area contributed by atoms with Gasteiger partial charge in [-0.2, -0.15) is 0 Å². The summed E-state index contributed by atoms with van der Waals surface area (Å²) in [6.07, 6.45) is 6.65. The molecule has 2 heterocycles. The monoisotopic (exact) mass is 411 g/mol. The highest BCUT2D eigenvalue weighted by atomic mass is 16.2. The molecule has 162 valence electrons. The van der Waals surface area contributed by atoms with Gasteiger partial charge in [-0.25, -0.2) is 0 Å². The highest BCUT2D eigenvalue weighted by Crippen LogP contribution is 2.30. The van der Waals surface area contributed by atoms with E-state index in [1.807, 2.05) is 34.1 Å². The Morgan fingerprint density at radius 3 is 2.37 bits per heavy atom. The Balaban J connectivity index is 1.31. The first-order chi connectivity index (χ1) is 14.6.